The summed E-state index contributed by atoms with van der Waals surface area (Å²) in [5.41, 5.74) is 2.84. The van der Waals surface area contributed by atoms with Gasteiger partial charge in [0.15, 0.2) is 0 Å². The molecule has 158 valence electrons. The monoisotopic (exact) mass is 409 g/mol. The van der Waals surface area contributed by atoms with E-state index in [1.54, 1.807) is 0 Å². The maximum atomic E-state index is 12.7. The molecule has 3 rings (SSSR count). The predicted octanol–water partition coefficient (Wildman–Crippen LogP) is 3.00. The first-order valence-electron chi connectivity index (χ1n) is 9.86. The average molecular weight is 409 g/mol. The Kier molecular flexibility index (Phi) is 7.08. The predicted molar refractivity (Wildman–Crippen MR) is 114 cm³/mol. The standard InChI is InChI=1S/C23H27N3O4/c1-4-30-18-12-10-17(11-13-18)21-20(22(27)29-3)19(24-23(28)25-21)15-26(2)14-16-8-6-5-7-9-16/h5-13,21H,4,14-15H2,1-3H3,(H2,24,25,28)/t21-/m0/s1. The van der Waals surface area contributed by atoms with Crippen LogP contribution in [0, 0.1) is 0 Å². The van der Waals surface area contributed by atoms with Crippen molar-refractivity contribution < 1.29 is 19.1 Å². The first kappa shape index (κ1) is 21.4. The number of esters is 1. The zero-order valence-electron chi connectivity index (χ0n) is 17.5. The molecule has 1 aliphatic rings. The third kappa shape index (κ3) is 5.18. The Labute approximate surface area is 176 Å². The van der Waals surface area contributed by atoms with E-state index >= 15 is 0 Å². The third-order valence-corrected chi connectivity index (χ3v) is 4.81. The Bertz CT molecular complexity index is 910. The van der Waals surface area contributed by atoms with Crippen molar-refractivity contribution in [2.24, 2.45) is 0 Å². The van der Waals surface area contributed by atoms with Crippen molar-refractivity contribution in [3.63, 3.8) is 0 Å². The van der Waals surface area contributed by atoms with Gasteiger partial charge in [0, 0.05) is 18.8 Å². The van der Waals surface area contributed by atoms with Crippen LogP contribution in [0.2, 0.25) is 0 Å². The van der Waals surface area contributed by atoms with E-state index in [9.17, 15) is 9.59 Å². The maximum absolute atomic E-state index is 12.7. The number of hydrogen-bond acceptors (Lipinski definition) is 5. The summed E-state index contributed by atoms with van der Waals surface area (Å²) in [4.78, 5) is 27.1. The van der Waals surface area contributed by atoms with Crippen LogP contribution in [0.25, 0.3) is 0 Å². The maximum Gasteiger partial charge on any atom is 0.338 e. The third-order valence-electron chi connectivity index (χ3n) is 4.81. The molecule has 0 fully saturated rings. The SMILES string of the molecule is CCOc1ccc([C@@H]2NC(=O)NC(CN(C)Cc3ccccc3)=C2C(=O)OC)cc1. The number of benzene rings is 2. The lowest BCUT2D eigenvalue weighted by molar-refractivity contribution is -0.136. The fourth-order valence-electron chi connectivity index (χ4n) is 3.49. The highest BCUT2D eigenvalue weighted by Gasteiger charge is 2.33. The molecule has 0 unspecified atom stereocenters. The van der Waals surface area contributed by atoms with Gasteiger partial charge in [0.05, 0.1) is 25.3 Å². The van der Waals surface area contributed by atoms with Crippen molar-refractivity contribution in [1.82, 2.24) is 15.5 Å². The van der Waals surface area contributed by atoms with Crippen LogP contribution < -0.4 is 15.4 Å². The highest BCUT2D eigenvalue weighted by Crippen LogP contribution is 2.29. The van der Waals surface area contributed by atoms with Gasteiger partial charge in [-0.3, -0.25) is 4.90 Å². The van der Waals surface area contributed by atoms with Crippen molar-refractivity contribution in [2.75, 3.05) is 27.3 Å². The first-order chi connectivity index (χ1) is 14.5. The number of nitrogens with one attached hydrogen (secondary N) is 2. The summed E-state index contributed by atoms with van der Waals surface area (Å²) >= 11 is 0. The number of carbonyl (C=O) groups is 2. The minimum absolute atomic E-state index is 0.357. The van der Waals surface area contributed by atoms with Gasteiger partial charge in [0.1, 0.15) is 5.75 Å². The van der Waals surface area contributed by atoms with E-state index in [2.05, 4.69) is 10.6 Å². The zero-order valence-corrected chi connectivity index (χ0v) is 17.5. The second kappa shape index (κ2) is 9.93. The summed E-state index contributed by atoms with van der Waals surface area (Å²) in [5.74, 6) is 0.248. The van der Waals surface area contributed by atoms with Gasteiger partial charge in [-0.1, -0.05) is 42.5 Å². The molecule has 0 saturated carbocycles. The minimum atomic E-state index is -0.609. The van der Waals surface area contributed by atoms with E-state index in [1.807, 2.05) is 73.5 Å². The summed E-state index contributed by atoms with van der Waals surface area (Å²) in [6.07, 6.45) is 0. The van der Waals surface area contributed by atoms with Gasteiger partial charge in [-0.25, -0.2) is 9.59 Å². The molecule has 30 heavy (non-hydrogen) atoms. The van der Waals surface area contributed by atoms with Crippen LogP contribution in [0.5, 0.6) is 5.75 Å². The number of methoxy groups -OCH3 is 1. The Balaban J connectivity index is 1.90. The largest absolute Gasteiger partial charge is 0.494 e. The smallest absolute Gasteiger partial charge is 0.338 e. The number of urea groups is 1. The molecule has 0 aromatic heterocycles. The van der Waals surface area contributed by atoms with Crippen LogP contribution >= 0.6 is 0 Å². The number of hydrogen-bond donors (Lipinski definition) is 2. The van der Waals surface area contributed by atoms with Crippen LogP contribution in [0.4, 0.5) is 4.79 Å². The van der Waals surface area contributed by atoms with E-state index in [0.717, 1.165) is 16.9 Å². The summed E-state index contributed by atoms with van der Waals surface area (Å²) in [6.45, 7) is 3.54. The van der Waals surface area contributed by atoms with Crippen LogP contribution in [-0.2, 0) is 16.1 Å². The Morgan fingerprint density at radius 2 is 1.77 bits per heavy atom. The number of likely N-dealkylation sites (N-methyl/N-ethyl adjacent to an activating group) is 1. The number of ether oxygens (including phenoxy) is 2. The van der Waals surface area contributed by atoms with E-state index < -0.39 is 12.0 Å². The van der Waals surface area contributed by atoms with E-state index in [4.69, 9.17) is 9.47 Å². The molecule has 0 saturated heterocycles. The topological polar surface area (TPSA) is 79.9 Å². The van der Waals surface area contributed by atoms with Crippen molar-refractivity contribution in [2.45, 2.75) is 19.5 Å². The van der Waals surface area contributed by atoms with Crippen molar-refractivity contribution in [3.8, 4) is 5.75 Å². The van der Waals surface area contributed by atoms with Crippen LogP contribution in [0.3, 0.4) is 0 Å². The van der Waals surface area contributed by atoms with Crippen LogP contribution in [0.15, 0.2) is 65.9 Å². The van der Waals surface area contributed by atoms with E-state index in [1.165, 1.54) is 7.11 Å². The van der Waals surface area contributed by atoms with E-state index in [0.29, 0.717) is 31.0 Å². The van der Waals surface area contributed by atoms with Crippen molar-refractivity contribution in [1.29, 1.82) is 0 Å². The number of rotatable bonds is 8. The second-order valence-corrected chi connectivity index (χ2v) is 7.08. The summed E-state index contributed by atoms with van der Waals surface area (Å²) in [6, 6.07) is 16.4. The molecule has 7 heteroatoms. The van der Waals surface area contributed by atoms with Gasteiger partial charge in [-0.15, -0.1) is 0 Å². The van der Waals surface area contributed by atoms with Gasteiger partial charge >= 0.3 is 12.0 Å². The summed E-state index contributed by atoms with van der Waals surface area (Å²) < 4.78 is 10.5. The molecule has 0 spiro atoms. The lowest BCUT2D eigenvalue weighted by Gasteiger charge is -2.31. The molecule has 2 N–H and O–H groups in total. The van der Waals surface area contributed by atoms with Crippen molar-refractivity contribution >= 4 is 12.0 Å². The lowest BCUT2D eigenvalue weighted by atomic mass is 9.95. The first-order valence-corrected chi connectivity index (χ1v) is 9.86. The van der Waals surface area contributed by atoms with Crippen LogP contribution in [-0.4, -0.2) is 44.2 Å². The summed E-state index contributed by atoms with van der Waals surface area (Å²) in [5, 5.41) is 5.63. The van der Waals surface area contributed by atoms with Gasteiger partial charge in [-0.05, 0) is 37.2 Å². The lowest BCUT2D eigenvalue weighted by Crippen LogP contribution is -2.48. The van der Waals surface area contributed by atoms with Crippen LogP contribution in [0.1, 0.15) is 24.1 Å². The molecule has 2 aromatic rings. The quantitative estimate of drug-likeness (QED) is 0.655. The fourth-order valence-corrected chi connectivity index (χ4v) is 3.49. The molecule has 2 amide bonds. The molecule has 0 aliphatic carbocycles. The van der Waals surface area contributed by atoms with Gasteiger partial charge in [0.25, 0.3) is 0 Å². The molecule has 0 bridgehead atoms. The highest BCUT2D eigenvalue weighted by atomic mass is 16.5. The van der Waals surface area contributed by atoms with E-state index in [-0.39, 0.29) is 6.03 Å². The molecule has 7 nitrogen and oxygen atoms in total. The highest BCUT2D eigenvalue weighted by molar-refractivity contribution is 5.95. The molecule has 1 atom stereocenters. The second-order valence-electron chi connectivity index (χ2n) is 7.08. The molecule has 1 heterocycles. The molecule has 2 aromatic carbocycles. The van der Waals surface area contributed by atoms with Gasteiger partial charge < -0.3 is 20.1 Å². The number of nitrogens with zero attached hydrogens (tertiary/aromatic N) is 1. The average Bonchev–Trinajstić information content (AvgIpc) is 2.74. The van der Waals surface area contributed by atoms with Gasteiger partial charge in [-0.2, -0.15) is 0 Å². The zero-order chi connectivity index (χ0) is 21.5. The minimum Gasteiger partial charge on any atom is -0.494 e. The number of carbonyl (C=O) groups excluding carboxylic acids is 2. The number of amides is 2. The normalized spacial score (nSPS) is 16.1. The Morgan fingerprint density at radius 3 is 2.40 bits per heavy atom. The van der Waals surface area contributed by atoms with Crippen molar-refractivity contribution in [3.05, 3.63) is 77.0 Å². The van der Waals surface area contributed by atoms with Gasteiger partial charge in [0.2, 0.25) is 0 Å². The molecular formula is C23H27N3O4. The Morgan fingerprint density at radius 1 is 1.07 bits per heavy atom. The molecular weight excluding hydrogens is 382 g/mol. The summed E-state index contributed by atoms with van der Waals surface area (Å²) in [7, 11) is 3.28. The Hall–Kier alpha value is -3.32. The molecule has 1 aliphatic heterocycles. The fraction of sp³-hybridized carbons (Fsp3) is 0.304. The molecule has 0 radical (unpaired) electrons.